The van der Waals surface area contributed by atoms with Gasteiger partial charge in [-0.05, 0) is 62.3 Å². The van der Waals surface area contributed by atoms with Gasteiger partial charge >= 0.3 is 28.2 Å². The molecule has 0 aromatic heterocycles. The first-order valence-electron chi connectivity index (χ1n) is 8.67. The van der Waals surface area contributed by atoms with E-state index in [0.29, 0.717) is 0 Å². The van der Waals surface area contributed by atoms with Gasteiger partial charge in [0.25, 0.3) is 0 Å². The lowest BCUT2D eigenvalue weighted by Crippen LogP contribution is -2.51. The van der Waals surface area contributed by atoms with Gasteiger partial charge in [-0.1, -0.05) is 0 Å². The predicted molar refractivity (Wildman–Crippen MR) is 102 cm³/mol. The third kappa shape index (κ3) is 13.3. The van der Waals surface area contributed by atoms with Crippen LogP contribution in [-0.4, -0.2) is 49.3 Å². The molecule has 1 atom stereocenters. The van der Waals surface area contributed by atoms with Crippen molar-refractivity contribution in [3.05, 3.63) is 0 Å². The summed E-state index contributed by atoms with van der Waals surface area (Å²) in [5, 5.41) is 0. The maximum Gasteiger partial charge on any atom is 0.422 e. The molecule has 0 saturated heterocycles. The van der Waals surface area contributed by atoms with Gasteiger partial charge < -0.3 is 14.2 Å². The minimum absolute atomic E-state index is 0.624. The lowest BCUT2D eigenvalue weighted by Gasteiger charge is -2.26. The highest BCUT2D eigenvalue weighted by Gasteiger charge is 2.33. The van der Waals surface area contributed by atoms with Gasteiger partial charge in [0.1, 0.15) is 22.8 Å². The molecule has 0 unspecified atom stereocenters. The average Bonchev–Trinajstić information content (AvgIpc) is 2.29. The van der Waals surface area contributed by atoms with E-state index in [-0.39, 0.29) is 0 Å². The summed E-state index contributed by atoms with van der Waals surface area (Å²) in [6.45, 7) is 14.3. The number of rotatable bonds is 6. The Bertz CT molecular complexity index is 681. The lowest BCUT2D eigenvalue weighted by molar-refractivity contribution is -0.164. The zero-order chi connectivity index (χ0) is 22.6. The number of hydrogen-bond donors (Lipinski definition) is 2. The van der Waals surface area contributed by atoms with Crippen LogP contribution >= 0.6 is 0 Å². The van der Waals surface area contributed by atoms with Gasteiger partial charge in [0.15, 0.2) is 0 Å². The number of nitrogens with one attached hydrogen (secondary N) is 2. The Morgan fingerprint density at radius 2 is 1.21 bits per heavy atom. The summed E-state index contributed by atoms with van der Waals surface area (Å²) >= 11 is 0. The molecule has 11 heteroatoms. The summed E-state index contributed by atoms with van der Waals surface area (Å²) in [5.74, 6) is -1.81. The van der Waals surface area contributed by atoms with E-state index in [1.807, 2.05) is 4.72 Å². The topological polar surface area (TPSA) is 137 Å². The van der Waals surface area contributed by atoms with Gasteiger partial charge in [0.2, 0.25) is 0 Å². The molecule has 0 saturated carbocycles. The van der Waals surface area contributed by atoms with Crippen molar-refractivity contribution in [2.24, 2.45) is 0 Å². The summed E-state index contributed by atoms with van der Waals surface area (Å²) in [4.78, 5) is 36.1. The molecule has 164 valence electrons. The van der Waals surface area contributed by atoms with E-state index >= 15 is 0 Å². The van der Waals surface area contributed by atoms with Gasteiger partial charge in [0, 0.05) is 0 Å². The van der Waals surface area contributed by atoms with E-state index in [2.05, 4.69) is 0 Å². The number of hydrogen-bond acceptors (Lipinski definition) is 8. The molecule has 10 nitrogen and oxygen atoms in total. The van der Waals surface area contributed by atoms with Gasteiger partial charge in [-0.2, -0.15) is 13.1 Å². The first-order valence-corrected chi connectivity index (χ1v) is 10.2. The summed E-state index contributed by atoms with van der Waals surface area (Å²) in [6.07, 6.45) is -1.86. The summed E-state index contributed by atoms with van der Waals surface area (Å²) in [6, 6.07) is -1.60. The SMILES string of the molecule is CC(C)(C)OC(=O)C[C@H](NS(=O)(=O)NC(=O)OC(C)(C)C)C(=O)OC(C)(C)C. The fourth-order valence-corrected chi connectivity index (χ4v) is 2.60. The Hall–Kier alpha value is -1.88. The van der Waals surface area contributed by atoms with Crippen LogP contribution in [0.3, 0.4) is 0 Å². The molecule has 0 aromatic carbocycles. The minimum atomic E-state index is -4.53. The third-order valence-corrected chi connectivity index (χ3v) is 3.43. The minimum Gasteiger partial charge on any atom is -0.460 e. The highest BCUT2D eigenvalue weighted by Crippen LogP contribution is 2.14. The predicted octanol–water partition coefficient (Wildman–Crippen LogP) is 1.79. The summed E-state index contributed by atoms with van der Waals surface area (Å²) in [7, 11) is -4.53. The van der Waals surface area contributed by atoms with E-state index in [4.69, 9.17) is 14.2 Å². The van der Waals surface area contributed by atoms with Crippen LogP contribution in [0, 0.1) is 0 Å². The fourth-order valence-electron chi connectivity index (χ4n) is 1.72. The molecule has 0 aromatic rings. The zero-order valence-electron chi connectivity index (χ0n) is 18.0. The molecular weight excluding hydrogens is 392 g/mol. The molecule has 1 amide bonds. The van der Waals surface area contributed by atoms with Gasteiger partial charge in [-0.15, -0.1) is 0 Å². The second-order valence-corrected chi connectivity index (χ2v) is 10.5. The van der Waals surface area contributed by atoms with Crippen molar-refractivity contribution in [3.63, 3.8) is 0 Å². The van der Waals surface area contributed by atoms with Crippen molar-refractivity contribution in [2.75, 3.05) is 0 Å². The standard InChI is InChI=1S/C17H32N2O8S/c1-15(2,3)25-12(20)10-11(13(21)26-16(4,5)6)18-28(23,24)19-14(22)27-17(7,8)9/h11,18H,10H2,1-9H3,(H,19,22)/t11-/m0/s1. The van der Waals surface area contributed by atoms with Crippen molar-refractivity contribution < 1.29 is 37.0 Å². The quantitative estimate of drug-likeness (QED) is 0.486. The second-order valence-electron chi connectivity index (χ2n) is 9.10. The molecule has 0 aliphatic rings. The molecular formula is C17H32N2O8S. The molecule has 0 aliphatic carbocycles. The average molecular weight is 425 g/mol. The van der Waals surface area contributed by atoms with E-state index < -0.39 is 57.5 Å². The van der Waals surface area contributed by atoms with Crippen LogP contribution in [0.15, 0.2) is 0 Å². The number of amides is 1. The Morgan fingerprint density at radius 1 is 0.786 bits per heavy atom. The van der Waals surface area contributed by atoms with Crippen LogP contribution in [0.4, 0.5) is 4.79 Å². The van der Waals surface area contributed by atoms with Crippen molar-refractivity contribution >= 4 is 28.2 Å². The summed E-state index contributed by atoms with van der Waals surface area (Å²) in [5.41, 5.74) is -2.68. The molecule has 0 bridgehead atoms. The van der Waals surface area contributed by atoms with E-state index in [1.54, 1.807) is 67.0 Å². The smallest absolute Gasteiger partial charge is 0.422 e. The third-order valence-electron chi connectivity index (χ3n) is 2.40. The van der Waals surface area contributed by atoms with Crippen LogP contribution in [-0.2, 0) is 34.0 Å². The van der Waals surface area contributed by atoms with Gasteiger partial charge in [-0.3, -0.25) is 9.59 Å². The summed E-state index contributed by atoms with van der Waals surface area (Å²) < 4.78 is 43.1. The van der Waals surface area contributed by atoms with E-state index in [9.17, 15) is 22.8 Å². The Balaban J connectivity index is 5.36. The molecule has 0 fully saturated rings. The number of carbonyl (C=O) groups excluding carboxylic acids is 3. The first-order chi connectivity index (χ1) is 12.2. The number of ether oxygens (including phenoxy) is 3. The molecule has 0 rings (SSSR count). The highest BCUT2D eigenvalue weighted by molar-refractivity contribution is 7.88. The van der Waals surface area contributed by atoms with Crippen LogP contribution in [0.25, 0.3) is 0 Å². The van der Waals surface area contributed by atoms with Crippen LogP contribution in [0.2, 0.25) is 0 Å². The van der Waals surface area contributed by atoms with Crippen LogP contribution in [0.1, 0.15) is 68.7 Å². The normalized spacial score (nSPS) is 14.0. The van der Waals surface area contributed by atoms with E-state index in [1.165, 1.54) is 0 Å². The molecule has 0 spiro atoms. The van der Waals surface area contributed by atoms with E-state index in [0.717, 1.165) is 0 Å². The van der Waals surface area contributed by atoms with Crippen molar-refractivity contribution in [2.45, 2.75) is 91.6 Å². The maximum atomic E-state index is 12.4. The van der Waals surface area contributed by atoms with Crippen molar-refractivity contribution in [1.29, 1.82) is 0 Å². The zero-order valence-corrected chi connectivity index (χ0v) is 18.8. The van der Waals surface area contributed by atoms with Crippen LogP contribution < -0.4 is 9.44 Å². The maximum absolute atomic E-state index is 12.4. The second kappa shape index (κ2) is 9.08. The Morgan fingerprint density at radius 3 is 1.61 bits per heavy atom. The monoisotopic (exact) mass is 424 g/mol. The van der Waals surface area contributed by atoms with Crippen LogP contribution in [0.5, 0.6) is 0 Å². The molecule has 0 heterocycles. The van der Waals surface area contributed by atoms with Crippen molar-refractivity contribution in [1.82, 2.24) is 9.44 Å². The number of esters is 2. The highest BCUT2D eigenvalue weighted by atomic mass is 32.2. The largest absolute Gasteiger partial charge is 0.460 e. The van der Waals surface area contributed by atoms with Gasteiger partial charge in [0.05, 0.1) is 6.42 Å². The van der Waals surface area contributed by atoms with Crippen molar-refractivity contribution in [3.8, 4) is 0 Å². The molecule has 0 aliphatic heterocycles. The Kier molecular flexibility index (Phi) is 8.47. The lowest BCUT2D eigenvalue weighted by atomic mass is 10.1. The molecule has 2 N–H and O–H groups in total. The molecule has 28 heavy (non-hydrogen) atoms. The Labute approximate surface area is 166 Å². The van der Waals surface area contributed by atoms with Gasteiger partial charge in [-0.25, -0.2) is 9.52 Å². The number of carbonyl (C=O) groups is 3. The molecule has 0 radical (unpaired) electrons. The fraction of sp³-hybridized carbons (Fsp3) is 0.824. The first kappa shape index (κ1) is 26.1.